The smallest absolute Gasteiger partial charge is 0.132 e. The molecule has 0 N–H and O–H groups in total. The van der Waals surface area contributed by atoms with E-state index in [4.69, 9.17) is 16.3 Å². The molecule has 1 aliphatic heterocycles. The van der Waals surface area contributed by atoms with Crippen molar-refractivity contribution in [3.05, 3.63) is 117 Å². The Morgan fingerprint density at radius 1 is 0.643 bits per heavy atom. The summed E-state index contributed by atoms with van der Waals surface area (Å²) in [6.07, 6.45) is 0. The lowest BCUT2D eigenvalue weighted by Crippen LogP contribution is -2.32. The number of halogens is 2. The fraction of sp³-hybridized carbons (Fsp3) is 0.0400. The fourth-order valence-electron chi connectivity index (χ4n) is 4.84. The van der Waals surface area contributed by atoms with Crippen LogP contribution < -0.4 is 4.74 Å². The van der Waals surface area contributed by atoms with Crippen LogP contribution in [0.5, 0.6) is 11.5 Å². The van der Waals surface area contributed by atoms with Crippen molar-refractivity contribution in [2.24, 2.45) is 0 Å². The maximum Gasteiger partial charge on any atom is 0.132 e. The van der Waals surface area contributed by atoms with Crippen LogP contribution in [0.15, 0.2) is 89.4 Å². The first kappa shape index (κ1) is 16.4. The second-order valence-corrected chi connectivity index (χ2v) is 8.58. The summed E-state index contributed by atoms with van der Waals surface area (Å²) in [5.41, 5.74) is 6.76. The minimum absolute atomic E-state index is 0.454. The Balaban J connectivity index is 1.87. The van der Waals surface area contributed by atoms with Gasteiger partial charge in [0, 0.05) is 20.6 Å². The van der Waals surface area contributed by atoms with Gasteiger partial charge in [-0.3, -0.25) is 0 Å². The van der Waals surface area contributed by atoms with Gasteiger partial charge in [0.1, 0.15) is 11.5 Å². The number of rotatable bonds is 0. The topological polar surface area (TPSA) is 9.23 Å². The van der Waals surface area contributed by atoms with Crippen molar-refractivity contribution in [1.82, 2.24) is 0 Å². The third kappa shape index (κ3) is 1.97. The van der Waals surface area contributed by atoms with Gasteiger partial charge in [0.15, 0.2) is 0 Å². The Bertz CT molecular complexity index is 1180. The van der Waals surface area contributed by atoms with Crippen LogP contribution in [0.3, 0.4) is 0 Å². The molecule has 0 unspecified atom stereocenters. The summed E-state index contributed by atoms with van der Waals surface area (Å²) in [4.78, 5) is 0. The molecule has 1 spiro atoms. The maximum absolute atomic E-state index is 6.51. The lowest BCUT2D eigenvalue weighted by Gasteiger charge is -2.39. The molecule has 0 saturated heterocycles. The monoisotopic (exact) mass is 444 g/mol. The van der Waals surface area contributed by atoms with Gasteiger partial charge in [-0.1, -0.05) is 76.1 Å². The van der Waals surface area contributed by atoms with E-state index in [0.717, 1.165) is 32.1 Å². The van der Waals surface area contributed by atoms with Crippen molar-refractivity contribution >= 4 is 27.5 Å². The van der Waals surface area contributed by atoms with Gasteiger partial charge in [-0.25, -0.2) is 0 Å². The van der Waals surface area contributed by atoms with E-state index < -0.39 is 5.41 Å². The minimum atomic E-state index is -0.454. The quantitative estimate of drug-likeness (QED) is 0.234. The molecule has 1 aliphatic carbocycles. The van der Waals surface area contributed by atoms with E-state index in [1.165, 1.54) is 22.3 Å². The third-order valence-electron chi connectivity index (χ3n) is 5.86. The predicted molar refractivity (Wildman–Crippen MR) is 117 cm³/mol. The van der Waals surface area contributed by atoms with Gasteiger partial charge < -0.3 is 4.74 Å². The highest BCUT2D eigenvalue weighted by Gasteiger charge is 2.51. The van der Waals surface area contributed by atoms with Gasteiger partial charge in [-0.2, -0.15) is 0 Å². The molecular weight excluding hydrogens is 432 g/mol. The van der Waals surface area contributed by atoms with Crippen LogP contribution in [0.2, 0.25) is 5.02 Å². The van der Waals surface area contributed by atoms with Gasteiger partial charge in [0.05, 0.1) is 5.41 Å². The molecule has 0 atom stereocenters. The Morgan fingerprint density at radius 3 is 1.89 bits per heavy atom. The average Bonchev–Trinajstić information content (AvgIpc) is 2.98. The number of hydrogen-bond acceptors (Lipinski definition) is 1. The van der Waals surface area contributed by atoms with Gasteiger partial charge in [-0.15, -0.1) is 0 Å². The normalized spacial score (nSPS) is 14.6. The Morgan fingerprint density at radius 2 is 1.21 bits per heavy atom. The van der Waals surface area contributed by atoms with Crippen LogP contribution >= 0.6 is 27.5 Å². The Labute approximate surface area is 176 Å². The van der Waals surface area contributed by atoms with E-state index in [0.29, 0.717) is 0 Å². The van der Waals surface area contributed by atoms with Gasteiger partial charge in [0.2, 0.25) is 0 Å². The fourth-order valence-corrected chi connectivity index (χ4v) is 5.38. The largest absolute Gasteiger partial charge is 0.457 e. The van der Waals surface area contributed by atoms with Crippen LogP contribution in [-0.4, -0.2) is 0 Å². The number of fused-ring (bicyclic) bond motifs is 9. The highest BCUT2D eigenvalue weighted by Crippen LogP contribution is 2.62. The number of ether oxygens (including phenoxy) is 1. The molecule has 28 heavy (non-hydrogen) atoms. The van der Waals surface area contributed by atoms with Crippen LogP contribution in [-0.2, 0) is 5.41 Å². The molecule has 3 heteroatoms. The van der Waals surface area contributed by atoms with E-state index in [1.54, 1.807) is 0 Å². The zero-order valence-electron chi connectivity index (χ0n) is 14.7. The Kier molecular flexibility index (Phi) is 3.36. The van der Waals surface area contributed by atoms with Gasteiger partial charge in [0.25, 0.3) is 0 Å². The van der Waals surface area contributed by atoms with Gasteiger partial charge >= 0.3 is 0 Å². The minimum Gasteiger partial charge on any atom is -0.457 e. The molecule has 0 fully saturated rings. The van der Waals surface area contributed by atoms with Gasteiger partial charge in [-0.05, 0) is 58.7 Å². The molecule has 0 saturated carbocycles. The standard InChI is InChI=1S/C25H14BrClO/c26-15-9-11-17-18-12-10-16(27)14-22(18)25(21(17)13-15)19-5-1-3-7-23(19)28-24-8-4-2-6-20(24)25/h1-14H. The summed E-state index contributed by atoms with van der Waals surface area (Å²) in [5.74, 6) is 1.78. The molecule has 134 valence electrons. The van der Waals surface area contributed by atoms with Crippen molar-refractivity contribution in [3.8, 4) is 22.6 Å². The molecule has 0 radical (unpaired) electrons. The molecule has 0 aromatic heterocycles. The van der Waals surface area contributed by atoms with Crippen LogP contribution in [0.4, 0.5) is 0 Å². The third-order valence-corrected chi connectivity index (χ3v) is 6.59. The van der Waals surface area contributed by atoms with E-state index in [2.05, 4.69) is 70.5 Å². The van der Waals surface area contributed by atoms with E-state index in [-0.39, 0.29) is 0 Å². The number of benzene rings is 4. The molecule has 0 bridgehead atoms. The zero-order valence-corrected chi connectivity index (χ0v) is 17.1. The summed E-state index contributed by atoms with van der Waals surface area (Å²) < 4.78 is 7.37. The van der Waals surface area contributed by atoms with Crippen LogP contribution in [0.1, 0.15) is 22.3 Å². The maximum atomic E-state index is 6.51. The molecule has 0 amide bonds. The summed E-state index contributed by atoms with van der Waals surface area (Å²) in [5, 5.41) is 0.742. The van der Waals surface area contributed by atoms with Crippen molar-refractivity contribution < 1.29 is 4.74 Å². The molecule has 4 aromatic rings. The lowest BCUT2D eigenvalue weighted by atomic mass is 9.66. The molecule has 6 rings (SSSR count). The highest BCUT2D eigenvalue weighted by molar-refractivity contribution is 9.10. The number of para-hydroxylation sites is 2. The summed E-state index contributed by atoms with van der Waals surface area (Å²) in [6, 6.07) is 29.4. The molecule has 4 aromatic carbocycles. The van der Waals surface area contributed by atoms with Crippen molar-refractivity contribution in [2.75, 3.05) is 0 Å². The van der Waals surface area contributed by atoms with Crippen LogP contribution in [0.25, 0.3) is 11.1 Å². The zero-order chi connectivity index (χ0) is 18.9. The molecule has 1 heterocycles. The summed E-state index contributed by atoms with van der Waals surface area (Å²) in [6.45, 7) is 0. The molecule has 2 aliphatic rings. The van der Waals surface area contributed by atoms with Crippen LogP contribution in [0, 0.1) is 0 Å². The van der Waals surface area contributed by atoms with Crippen molar-refractivity contribution in [1.29, 1.82) is 0 Å². The lowest BCUT2D eigenvalue weighted by molar-refractivity contribution is 0.436. The molecule has 1 nitrogen and oxygen atoms in total. The van der Waals surface area contributed by atoms with Crippen molar-refractivity contribution in [3.63, 3.8) is 0 Å². The molecular formula is C25H14BrClO. The summed E-state index contributed by atoms with van der Waals surface area (Å²) in [7, 11) is 0. The van der Waals surface area contributed by atoms with Crippen molar-refractivity contribution in [2.45, 2.75) is 5.41 Å². The second-order valence-electron chi connectivity index (χ2n) is 7.22. The van der Waals surface area contributed by atoms with E-state index >= 15 is 0 Å². The average molecular weight is 446 g/mol. The number of hydrogen-bond donors (Lipinski definition) is 0. The van der Waals surface area contributed by atoms with E-state index in [1.807, 2.05) is 30.3 Å². The first-order valence-corrected chi connectivity index (χ1v) is 10.3. The first-order valence-electron chi connectivity index (χ1n) is 9.17. The highest BCUT2D eigenvalue weighted by atomic mass is 79.9. The second kappa shape index (κ2) is 5.73. The first-order chi connectivity index (χ1) is 13.7. The summed E-state index contributed by atoms with van der Waals surface area (Å²) >= 11 is 10.2. The SMILES string of the molecule is Clc1ccc2c(c1)C1(c3ccccc3Oc3ccccc31)c1cc(Br)ccc1-2. The Hall–Kier alpha value is -2.55. The van der Waals surface area contributed by atoms with E-state index in [9.17, 15) is 0 Å². The predicted octanol–water partition coefficient (Wildman–Crippen LogP) is 7.57.